The molecule has 0 aliphatic carbocycles. The fraction of sp³-hybridized carbons (Fsp3) is 0.280. The zero-order valence-electron chi connectivity index (χ0n) is 17.9. The van der Waals surface area contributed by atoms with Crippen LogP contribution in [0.4, 0.5) is 0 Å². The van der Waals surface area contributed by atoms with Gasteiger partial charge in [-0.3, -0.25) is 4.79 Å². The molecule has 2 aromatic carbocycles. The number of ether oxygens (including phenoxy) is 1. The van der Waals surface area contributed by atoms with Crippen LogP contribution in [-0.2, 0) is 9.53 Å². The van der Waals surface area contributed by atoms with Crippen molar-refractivity contribution in [3.05, 3.63) is 78.0 Å². The maximum absolute atomic E-state index is 13.8. The van der Waals surface area contributed by atoms with E-state index in [-0.39, 0.29) is 18.5 Å². The van der Waals surface area contributed by atoms with Crippen LogP contribution in [0.15, 0.2) is 66.7 Å². The lowest BCUT2D eigenvalue weighted by Gasteiger charge is -2.34. The van der Waals surface area contributed by atoms with Gasteiger partial charge in [-0.25, -0.2) is 4.79 Å². The van der Waals surface area contributed by atoms with Crippen LogP contribution in [0, 0.1) is 6.92 Å². The quantitative estimate of drug-likeness (QED) is 0.646. The van der Waals surface area contributed by atoms with Crippen molar-refractivity contribution in [3.8, 4) is 16.9 Å². The van der Waals surface area contributed by atoms with Crippen molar-refractivity contribution in [3.63, 3.8) is 0 Å². The van der Waals surface area contributed by atoms with E-state index in [4.69, 9.17) is 4.74 Å². The highest BCUT2D eigenvalue weighted by Gasteiger charge is 2.35. The van der Waals surface area contributed by atoms with E-state index in [0.29, 0.717) is 25.2 Å². The van der Waals surface area contributed by atoms with Gasteiger partial charge >= 0.3 is 5.97 Å². The number of carbonyl (C=O) groups is 2. The van der Waals surface area contributed by atoms with Gasteiger partial charge in [0.05, 0.1) is 17.9 Å². The summed E-state index contributed by atoms with van der Waals surface area (Å²) in [5, 5.41) is 3.20. The van der Waals surface area contributed by atoms with Crippen LogP contribution in [0.3, 0.4) is 0 Å². The Morgan fingerprint density at radius 3 is 2.42 bits per heavy atom. The molecule has 0 saturated carbocycles. The van der Waals surface area contributed by atoms with Crippen molar-refractivity contribution in [1.29, 1.82) is 0 Å². The molecule has 1 N–H and O–H groups in total. The first-order valence-corrected chi connectivity index (χ1v) is 10.6. The number of benzene rings is 2. The van der Waals surface area contributed by atoms with Gasteiger partial charge in [-0.15, -0.1) is 0 Å². The zero-order chi connectivity index (χ0) is 21.8. The fourth-order valence-electron chi connectivity index (χ4n) is 4.14. The minimum atomic E-state index is -0.634. The van der Waals surface area contributed by atoms with Crippen LogP contribution < -0.4 is 5.32 Å². The number of para-hydroxylation sites is 1. The van der Waals surface area contributed by atoms with E-state index >= 15 is 0 Å². The molecular weight excluding hydrogens is 390 g/mol. The van der Waals surface area contributed by atoms with Crippen molar-refractivity contribution in [2.45, 2.75) is 19.9 Å². The molecule has 6 nitrogen and oxygen atoms in total. The van der Waals surface area contributed by atoms with Gasteiger partial charge < -0.3 is 19.5 Å². The van der Waals surface area contributed by atoms with Crippen molar-refractivity contribution < 1.29 is 14.3 Å². The number of piperazine rings is 1. The molecule has 160 valence electrons. The van der Waals surface area contributed by atoms with Crippen LogP contribution in [0.25, 0.3) is 16.9 Å². The van der Waals surface area contributed by atoms with Crippen molar-refractivity contribution in [2.24, 2.45) is 0 Å². The summed E-state index contributed by atoms with van der Waals surface area (Å²) in [5.74, 6) is -0.528. The Morgan fingerprint density at radius 1 is 1.06 bits per heavy atom. The lowest BCUT2D eigenvalue weighted by Crippen LogP contribution is -2.57. The Hall–Kier alpha value is -3.38. The van der Waals surface area contributed by atoms with E-state index < -0.39 is 6.04 Å². The number of aryl methyl sites for hydroxylation is 1. The zero-order valence-corrected chi connectivity index (χ0v) is 17.9. The molecule has 31 heavy (non-hydrogen) atoms. The first-order chi connectivity index (χ1) is 15.1. The second kappa shape index (κ2) is 9.18. The molecule has 2 heterocycles. The third-order valence-corrected chi connectivity index (χ3v) is 5.54. The molecule has 1 unspecified atom stereocenters. The van der Waals surface area contributed by atoms with Gasteiger partial charge in [-0.1, -0.05) is 48.5 Å². The van der Waals surface area contributed by atoms with Crippen molar-refractivity contribution in [2.75, 3.05) is 26.2 Å². The maximum atomic E-state index is 13.8. The molecule has 1 saturated heterocycles. The Labute approximate surface area is 182 Å². The second-order valence-electron chi connectivity index (χ2n) is 7.56. The van der Waals surface area contributed by atoms with Gasteiger partial charge in [0.25, 0.3) is 5.91 Å². The highest BCUT2D eigenvalue weighted by atomic mass is 16.5. The lowest BCUT2D eigenvalue weighted by molar-refractivity contribution is -0.149. The number of nitrogens with one attached hydrogen (secondary N) is 1. The third-order valence-electron chi connectivity index (χ3n) is 5.54. The largest absolute Gasteiger partial charge is 0.464 e. The summed E-state index contributed by atoms with van der Waals surface area (Å²) in [6, 6.07) is 21.2. The summed E-state index contributed by atoms with van der Waals surface area (Å²) < 4.78 is 7.33. The van der Waals surface area contributed by atoms with Crippen LogP contribution in [0.2, 0.25) is 0 Å². The summed E-state index contributed by atoms with van der Waals surface area (Å²) >= 11 is 0. The summed E-state index contributed by atoms with van der Waals surface area (Å²) in [6.07, 6.45) is 0. The van der Waals surface area contributed by atoms with Gasteiger partial charge in [0, 0.05) is 31.0 Å². The van der Waals surface area contributed by atoms with Gasteiger partial charge in [-0.05, 0) is 37.6 Å². The van der Waals surface area contributed by atoms with Gasteiger partial charge in [0.1, 0.15) is 6.04 Å². The number of carbonyl (C=O) groups excluding carboxylic acids is 2. The van der Waals surface area contributed by atoms with E-state index in [1.807, 2.05) is 73.7 Å². The highest BCUT2D eigenvalue weighted by Crippen LogP contribution is 2.32. The number of rotatable bonds is 5. The number of nitrogens with zero attached hydrogens (tertiary/aromatic N) is 2. The van der Waals surface area contributed by atoms with Gasteiger partial charge in [0.15, 0.2) is 0 Å². The van der Waals surface area contributed by atoms with E-state index in [0.717, 1.165) is 22.6 Å². The number of hydrogen-bond donors (Lipinski definition) is 1. The minimum absolute atomic E-state index is 0.156. The molecule has 0 bridgehead atoms. The summed E-state index contributed by atoms with van der Waals surface area (Å²) in [7, 11) is 0. The SMILES string of the molecule is CCOC(=O)C1CNCCN1C(=O)c1cc(C)n(-c2ccccc2)c1-c1ccccc1. The monoisotopic (exact) mass is 417 g/mol. The number of hydrogen-bond acceptors (Lipinski definition) is 4. The van der Waals surface area contributed by atoms with Crippen LogP contribution in [-0.4, -0.2) is 53.6 Å². The predicted molar refractivity (Wildman–Crippen MR) is 120 cm³/mol. The average molecular weight is 418 g/mol. The Balaban J connectivity index is 1.83. The second-order valence-corrected chi connectivity index (χ2v) is 7.56. The minimum Gasteiger partial charge on any atom is -0.464 e. The van der Waals surface area contributed by atoms with Crippen molar-refractivity contribution >= 4 is 11.9 Å². The highest BCUT2D eigenvalue weighted by molar-refractivity contribution is 6.03. The molecule has 1 aliphatic heterocycles. The molecule has 1 atom stereocenters. The van der Waals surface area contributed by atoms with Crippen LogP contribution >= 0.6 is 0 Å². The Kier molecular flexibility index (Phi) is 6.18. The maximum Gasteiger partial charge on any atom is 0.330 e. The lowest BCUT2D eigenvalue weighted by atomic mass is 10.0. The smallest absolute Gasteiger partial charge is 0.330 e. The fourth-order valence-corrected chi connectivity index (χ4v) is 4.14. The van der Waals surface area contributed by atoms with E-state index in [9.17, 15) is 9.59 Å². The summed E-state index contributed by atoms with van der Waals surface area (Å²) in [6.45, 7) is 5.54. The number of aromatic nitrogens is 1. The standard InChI is InChI=1S/C25H27N3O3/c1-3-31-25(30)22-17-26-14-15-27(22)24(29)21-16-18(2)28(20-12-8-5-9-13-20)23(21)19-10-6-4-7-11-19/h4-13,16,22,26H,3,14-15,17H2,1-2H3. The first kappa shape index (κ1) is 20.9. The van der Waals surface area contributed by atoms with E-state index in [1.165, 1.54) is 0 Å². The summed E-state index contributed by atoms with van der Waals surface area (Å²) in [4.78, 5) is 28.0. The predicted octanol–water partition coefficient (Wildman–Crippen LogP) is 3.43. The molecule has 1 fully saturated rings. The average Bonchev–Trinajstić information content (AvgIpc) is 3.17. The molecule has 0 radical (unpaired) electrons. The van der Waals surface area contributed by atoms with Gasteiger partial charge in [0.2, 0.25) is 0 Å². The Morgan fingerprint density at radius 2 is 1.74 bits per heavy atom. The molecule has 1 aliphatic rings. The molecular formula is C25H27N3O3. The number of amides is 1. The van der Waals surface area contributed by atoms with Gasteiger partial charge in [-0.2, -0.15) is 0 Å². The van der Waals surface area contributed by atoms with E-state index in [2.05, 4.69) is 9.88 Å². The molecule has 3 aromatic rings. The van der Waals surface area contributed by atoms with Crippen molar-refractivity contribution in [1.82, 2.24) is 14.8 Å². The number of esters is 1. The molecule has 1 aromatic heterocycles. The van der Waals surface area contributed by atoms with Crippen LogP contribution in [0.5, 0.6) is 0 Å². The Bertz CT molecular complexity index is 1060. The first-order valence-electron chi connectivity index (χ1n) is 10.6. The van der Waals surface area contributed by atoms with E-state index in [1.54, 1.807) is 11.8 Å². The molecule has 0 spiro atoms. The summed E-state index contributed by atoms with van der Waals surface area (Å²) in [5.41, 5.74) is 4.31. The molecule has 1 amide bonds. The normalized spacial score (nSPS) is 16.2. The molecule has 6 heteroatoms. The molecule has 4 rings (SSSR count). The third kappa shape index (κ3) is 4.11. The van der Waals surface area contributed by atoms with Crippen LogP contribution in [0.1, 0.15) is 23.0 Å². The topological polar surface area (TPSA) is 63.6 Å².